The monoisotopic (exact) mass is 279 g/mol. The fraction of sp³-hybridized carbons (Fsp3) is 0.250. The van der Waals surface area contributed by atoms with Gasteiger partial charge in [0.05, 0.1) is 0 Å². The smallest absolute Gasteiger partial charge is 0.195 e. The molecule has 106 valence electrons. The first-order valence-corrected chi connectivity index (χ1v) is 6.57. The van der Waals surface area contributed by atoms with Gasteiger partial charge in [-0.2, -0.15) is 0 Å². The van der Waals surface area contributed by atoms with Gasteiger partial charge in [-0.3, -0.25) is 0 Å². The zero-order chi connectivity index (χ0) is 14.5. The molecule has 0 heterocycles. The summed E-state index contributed by atoms with van der Waals surface area (Å²) in [6, 6.07) is 9.36. The summed E-state index contributed by atoms with van der Waals surface area (Å²) >= 11 is 0. The van der Waals surface area contributed by atoms with Crippen molar-refractivity contribution in [2.24, 2.45) is 0 Å². The number of benzene rings is 2. The van der Waals surface area contributed by atoms with E-state index in [2.05, 4.69) is 5.32 Å². The van der Waals surface area contributed by atoms with Crippen LogP contribution < -0.4 is 5.32 Å². The quantitative estimate of drug-likeness (QED) is 0.636. The third-order valence-corrected chi connectivity index (χ3v) is 3.08. The van der Waals surface area contributed by atoms with Gasteiger partial charge in [-0.25, -0.2) is 13.2 Å². The minimum absolute atomic E-state index is 0.0813. The van der Waals surface area contributed by atoms with Crippen molar-refractivity contribution in [1.29, 1.82) is 0 Å². The molecule has 0 saturated carbocycles. The molecule has 1 nitrogen and oxygen atoms in total. The van der Waals surface area contributed by atoms with Gasteiger partial charge >= 0.3 is 0 Å². The molecule has 0 aromatic heterocycles. The van der Waals surface area contributed by atoms with Gasteiger partial charge in [0, 0.05) is 12.1 Å². The molecule has 0 aliphatic rings. The molecule has 20 heavy (non-hydrogen) atoms. The Morgan fingerprint density at radius 2 is 1.65 bits per heavy atom. The molecule has 0 radical (unpaired) electrons. The topological polar surface area (TPSA) is 12.0 Å². The molecule has 0 aliphatic heterocycles. The Labute approximate surface area is 116 Å². The summed E-state index contributed by atoms with van der Waals surface area (Å²) in [6.45, 7) is 3.45. The van der Waals surface area contributed by atoms with E-state index in [1.165, 1.54) is 6.07 Å². The number of hydrogen-bond acceptors (Lipinski definition) is 1. The summed E-state index contributed by atoms with van der Waals surface area (Å²) < 4.78 is 40.2. The van der Waals surface area contributed by atoms with E-state index in [-0.39, 0.29) is 5.56 Å². The van der Waals surface area contributed by atoms with E-state index >= 15 is 0 Å². The van der Waals surface area contributed by atoms with Crippen LogP contribution in [-0.2, 0) is 6.54 Å². The maximum absolute atomic E-state index is 13.9. The van der Waals surface area contributed by atoms with E-state index in [1.807, 2.05) is 19.1 Å². The SMILES string of the molecule is CCCNCc1ccccc1-c1ccc(F)c(F)c1F. The second kappa shape index (κ2) is 6.57. The van der Waals surface area contributed by atoms with Crippen LogP contribution in [0.15, 0.2) is 36.4 Å². The van der Waals surface area contributed by atoms with Crippen LogP contribution in [-0.4, -0.2) is 6.54 Å². The van der Waals surface area contributed by atoms with Gasteiger partial charge in [0.2, 0.25) is 0 Å². The van der Waals surface area contributed by atoms with Gasteiger partial charge in [0.1, 0.15) is 0 Å². The number of nitrogens with one attached hydrogen (secondary N) is 1. The van der Waals surface area contributed by atoms with Gasteiger partial charge in [-0.15, -0.1) is 0 Å². The zero-order valence-corrected chi connectivity index (χ0v) is 11.2. The maximum atomic E-state index is 13.9. The highest BCUT2D eigenvalue weighted by Crippen LogP contribution is 2.28. The van der Waals surface area contributed by atoms with E-state index in [0.29, 0.717) is 12.1 Å². The minimum atomic E-state index is -1.43. The third kappa shape index (κ3) is 3.02. The maximum Gasteiger partial charge on any atom is 0.195 e. The van der Waals surface area contributed by atoms with Crippen LogP contribution in [0.5, 0.6) is 0 Å². The van der Waals surface area contributed by atoms with Crippen molar-refractivity contribution >= 4 is 0 Å². The van der Waals surface area contributed by atoms with Crippen molar-refractivity contribution in [3.05, 3.63) is 59.4 Å². The summed E-state index contributed by atoms with van der Waals surface area (Å²) in [5.74, 6) is -3.75. The second-order valence-corrected chi connectivity index (χ2v) is 4.56. The highest BCUT2D eigenvalue weighted by Gasteiger charge is 2.16. The third-order valence-electron chi connectivity index (χ3n) is 3.08. The highest BCUT2D eigenvalue weighted by atomic mass is 19.2. The highest BCUT2D eigenvalue weighted by molar-refractivity contribution is 5.68. The van der Waals surface area contributed by atoms with Crippen molar-refractivity contribution in [2.45, 2.75) is 19.9 Å². The standard InChI is InChI=1S/C16H16F3N/c1-2-9-20-10-11-5-3-4-6-12(11)13-7-8-14(17)16(19)15(13)18/h3-8,20H,2,9-10H2,1H3. The van der Waals surface area contributed by atoms with Crippen molar-refractivity contribution in [3.8, 4) is 11.1 Å². The molecular formula is C16H16F3N. The fourth-order valence-corrected chi connectivity index (χ4v) is 2.07. The lowest BCUT2D eigenvalue weighted by Crippen LogP contribution is -2.14. The Balaban J connectivity index is 2.40. The predicted molar refractivity (Wildman–Crippen MR) is 73.7 cm³/mol. The molecule has 0 amide bonds. The van der Waals surface area contributed by atoms with Crippen LogP contribution in [0.25, 0.3) is 11.1 Å². The van der Waals surface area contributed by atoms with Gasteiger partial charge < -0.3 is 5.32 Å². The summed E-state index contributed by atoms with van der Waals surface area (Å²) in [5.41, 5.74) is 1.51. The molecular weight excluding hydrogens is 263 g/mol. The van der Waals surface area contributed by atoms with E-state index in [4.69, 9.17) is 0 Å². The van der Waals surface area contributed by atoms with Gasteiger partial charge in [0.25, 0.3) is 0 Å². The lowest BCUT2D eigenvalue weighted by Gasteiger charge is -2.12. The largest absolute Gasteiger partial charge is 0.313 e. The normalized spacial score (nSPS) is 10.8. The molecule has 2 aromatic carbocycles. The number of halogens is 3. The molecule has 0 spiro atoms. The van der Waals surface area contributed by atoms with Crippen LogP contribution in [0.4, 0.5) is 13.2 Å². The van der Waals surface area contributed by atoms with Gasteiger partial charge in [-0.05, 0) is 36.2 Å². The molecule has 0 saturated heterocycles. The Morgan fingerprint density at radius 1 is 0.900 bits per heavy atom. The molecule has 0 aliphatic carbocycles. The van der Waals surface area contributed by atoms with Gasteiger partial charge in [0.15, 0.2) is 17.5 Å². The van der Waals surface area contributed by atoms with Crippen molar-refractivity contribution in [1.82, 2.24) is 5.32 Å². The zero-order valence-electron chi connectivity index (χ0n) is 11.2. The Morgan fingerprint density at radius 3 is 2.40 bits per heavy atom. The van der Waals surface area contributed by atoms with E-state index in [9.17, 15) is 13.2 Å². The Kier molecular flexibility index (Phi) is 4.79. The van der Waals surface area contributed by atoms with Crippen LogP contribution in [0.3, 0.4) is 0 Å². The fourth-order valence-electron chi connectivity index (χ4n) is 2.07. The van der Waals surface area contributed by atoms with E-state index in [0.717, 1.165) is 24.6 Å². The Bertz CT molecular complexity index is 596. The molecule has 0 bridgehead atoms. The summed E-state index contributed by atoms with van der Waals surface area (Å²) in [5, 5.41) is 3.22. The van der Waals surface area contributed by atoms with Crippen LogP contribution in [0.2, 0.25) is 0 Å². The lowest BCUT2D eigenvalue weighted by molar-refractivity contribution is 0.449. The molecule has 1 N–H and O–H groups in total. The van der Waals surface area contributed by atoms with Crippen LogP contribution >= 0.6 is 0 Å². The molecule has 0 unspecified atom stereocenters. The predicted octanol–water partition coefficient (Wildman–Crippen LogP) is 4.27. The molecule has 0 atom stereocenters. The Hall–Kier alpha value is -1.81. The first-order chi connectivity index (χ1) is 9.65. The first-order valence-electron chi connectivity index (χ1n) is 6.57. The average Bonchev–Trinajstić information content (AvgIpc) is 2.46. The first kappa shape index (κ1) is 14.6. The molecule has 2 rings (SSSR count). The van der Waals surface area contributed by atoms with Crippen LogP contribution in [0.1, 0.15) is 18.9 Å². The minimum Gasteiger partial charge on any atom is -0.313 e. The second-order valence-electron chi connectivity index (χ2n) is 4.56. The van der Waals surface area contributed by atoms with Crippen LogP contribution in [0, 0.1) is 17.5 Å². The number of rotatable bonds is 5. The number of hydrogen-bond donors (Lipinski definition) is 1. The van der Waals surface area contributed by atoms with Crippen molar-refractivity contribution in [3.63, 3.8) is 0 Å². The molecule has 4 heteroatoms. The van der Waals surface area contributed by atoms with Crippen molar-refractivity contribution < 1.29 is 13.2 Å². The summed E-state index contributed by atoms with van der Waals surface area (Å²) in [4.78, 5) is 0. The van der Waals surface area contributed by atoms with Crippen molar-refractivity contribution in [2.75, 3.05) is 6.54 Å². The van der Waals surface area contributed by atoms with E-state index < -0.39 is 17.5 Å². The molecule has 0 fully saturated rings. The lowest BCUT2D eigenvalue weighted by atomic mass is 9.99. The van der Waals surface area contributed by atoms with Gasteiger partial charge in [-0.1, -0.05) is 31.2 Å². The summed E-state index contributed by atoms with van der Waals surface area (Å²) in [7, 11) is 0. The average molecular weight is 279 g/mol. The summed E-state index contributed by atoms with van der Waals surface area (Å²) in [6.07, 6.45) is 0.988. The van der Waals surface area contributed by atoms with E-state index in [1.54, 1.807) is 12.1 Å². The molecule has 2 aromatic rings.